The number of nitriles is 1. The number of carbonyl (C=O) groups excluding carboxylic acids is 1. The van der Waals surface area contributed by atoms with Gasteiger partial charge in [-0.1, -0.05) is 0 Å². The van der Waals surface area contributed by atoms with Crippen LogP contribution in [0.25, 0.3) is 0 Å². The highest BCUT2D eigenvalue weighted by Crippen LogP contribution is 2.28. The van der Waals surface area contributed by atoms with Crippen molar-refractivity contribution in [2.24, 2.45) is 5.73 Å². The van der Waals surface area contributed by atoms with Crippen LogP contribution in [0.5, 0.6) is 0 Å². The molecular formula is C11H10F2N2O2. The molecule has 1 rings (SSSR count). The van der Waals surface area contributed by atoms with Gasteiger partial charge in [0.1, 0.15) is 0 Å². The molecule has 2 N–H and O–H groups in total. The van der Waals surface area contributed by atoms with Gasteiger partial charge in [0.25, 0.3) is 6.43 Å². The number of hydrogen-bond donors (Lipinski definition) is 1. The van der Waals surface area contributed by atoms with Gasteiger partial charge in [-0.3, -0.25) is 0 Å². The standard InChI is InChI=1S/C11H10F2N2O2/c1-17-11(16)8-3-6(4-14)2-7(5-15)9(8)10(12)13/h2-3,10H,5,15H2,1H3. The maximum Gasteiger partial charge on any atom is 0.338 e. The normalized spacial score (nSPS) is 10.1. The highest BCUT2D eigenvalue weighted by molar-refractivity contribution is 5.92. The Kier molecular flexibility index (Phi) is 4.12. The summed E-state index contributed by atoms with van der Waals surface area (Å²) in [6.07, 6.45) is -2.85. The van der Waals surface area contributed by atoms with E-state index in [-0.39, 0.29) is 23.2 Å². The average molecular weight is 240 g/mol. The third-order valence-corrected chi connectivity index (χ3v) is 2.24. The number of alkyl halides is 2. The number of rotatable bonds is 3. The number of nitrogens with zero attached hydrogens (tertiary/aromatic N) is 1. The first kappa shape index (κ1) is 13.1. The fourth-order valence-electron chi connectivity index (χ4n) is 1.48. The molecule has 0 amide bonds. The summed E-state index contributed by atoms with van der Waals surface area (Å²) < 4.78 is 30.1. The smallest absolute Gasteiger partial charge is 0.338 e. The summed E-state index contributed by atoms with van der Waals surface area (Å²) in [7, 11) is 1.08. The summed E-state index contributed by atoms with van der Waals surface area (Å²) in [6.45, 7) is -0.181. The Bertz CT molecular complexity index is 481. The van der Waals surface area contributed by atoms with Crippen LogP contribution in [0.4, 0.5) is 8.78 Å². The molecule has 17 heavy (non-hydrogen) atoms. The van der Waals surface area contributed by atoms with Crippen LogP contribution in [-0.4, -0.2) is 13.1 Å². The van der Waals surface area contributed by atoms with Crippen molar-refractivity contribution < 1.29 is 18.3 Å². The van der Waals surface area contributed by atoms with E-state index in [4.69, 9.17) is 11.0 Å². The largest absolute Gasteiger partial charge is 0.465 e. The Labute approximate surface area is 96.6 Å². The molecule has 0 spiro atoms. The zero-order valence-electron chi connectivity index (χ0n) is 9.04. The molecule has 0 bridgehead atoms. The fourth-order valence-corrected chi connectivity index (χ4v) is 1.48. The molecule has 0 radical (unpaired) electrons. The number of halogens is 2. The van der Waals surface area contributed by atoms with E-state index < -0.39 is 18.0 Å². The number of benzene rings is 1. The quantitative estimate of drug-likeness (QED) is 0.816. The van der Waals surface area contributed by atoms with E-state index in [1.165, 1.54) is 6.07 Å². The van der Waals surface area contributed by atoms with Crippen molar-refractivity contribution in [3.8, 4) is 6.07 Å². The van der Waals surface area contributed by atoms with E-state index >= 15 is 0 Å². The number of methoxy groups -OCH3 is 1. The van der Waals surface area contributed by atoms with E-state index in [1.807, 2.05) is 0 Å². The minimum Gasteiger partial charge on any atom is -0.465 e. The Morgan fingerprint density at radius 3 is 2.65 bits per heavy atom. The molecule has 0 saturated heterocycles. The summed E-state index contributed by atoms with van der Waals surface area (Å²) in [5, 5.41) is 8.74. The van der Waals surface area contributed by atoms with Crippen molar-refractivity contribution >= 4 is 5.97 Å². The highest BCUT2D eigenvalue weighted by atomic mass is 19.3. The van der Waals surface area contributed by atoms with Crippen LogP contribution in [0.1, 0.15) is 33.5 Å². The lowest BCUT2D eigenvalue weighted by Gasteiger charge is -2.12. The van der Waals surface area contributed by atoms with Gasteiger partial charge in [-0.15, -0.1) is 0 Å². The highest BCUT2D eigenvalue weighted by Gasteiger charge is 2.23. The van der Waals surface area contributed by atoms with Gasteiger partial charge in [0.15, 0.2) is 0 Å². The lowest BCUT2D eigenvalue weighted by molar-refractivity contribution is 0.0589. The van der Waals surface area contributed by atoms with Crippen molar-refractivity contribution in [1.29, 1.82) is 5.26 Å². The van der Waals surface area contributed by atoms with Gasteiger partial charge in [0, 0.05) is 12.1 Å². The summed E-state index contributed by atoms with van der Waals surface area (Å²) >= 11 is 0. The van der Waals surface area contributed by atoms with Gasteiger partial charge in [-0.25, -0.2) is 13.6 Å². The van der Waals surface area contributed by atoms with E-state index in [0.717, 1.165) is 13.2 Å². The Morgan fingerprint density at radius 1 is 1.59 bits per heavy atom. The van der Waals surface area contributed by atoms with Crippen LogP contribution in [-0.2, 0) is 11.3 Å². The first-order valence-corrected chi connectivity index (χ1v) is 4.68. The van der Waals surface area contributed by atoms with Gasteiger partial charge in [0.2, 0.25) is 0 Å². The molecule has 0 aromatic heterocycles. The molecule has 6 heteroatoms. The van der Waals surface area contributed by atoms with E-state index in [0.29, 0.717) is 0 Å². The topological polar surface area (TPSA) is 76.1 Å². The number of esters is 1. The Hall–Kier alpha value is -2.00. The van der Waals surface area contributed by atoms with Gasteiger partial charge in [0.05, 0.1) is 24.3 Å². The molecule has 0 fully saturated rings. The summed E-state index contributed by atoms with van der Waals surface area (Å²) in [4.78, 5) is 11.4. The number of nitrogens with two attached hydrogens (primary N) is 1. The SMILES string of the molecule is COC(=O)c1cc(C#N)cc(CN)c1C(F)F. The lowest BCUT2D eigenvalue weighted by Crippen LogP contribution is -2.12. The van der Waals surface area contributed by atoms with Crippen LogP contribution in [0.3, 0.4) is 0 Å². The predicted molar refractivity (Wildman–Crippen MR) is 55.3 cm³/mol. The molecule has 4 nitrogen and oxygen atoms in total. The minimum absolute atomic E-state index is 0.0689. The van der Waals surface area contributed by atoms with Gasteiger partial charge in [-0.2, -0.15) is 5.26 Å². The molecule has 0 aliphatic heterocycles. The van der Waals surface area contributed by atoms with E-state index in [9.17, 15) is 13.6 Å². The molecular weight excluding hydrogens is 230 g/mol. The third kappa shape index (κ3) is 2.57. The Morgan fingerprint density at radius 2 is 2.24 bits per heavy atom. The van der Waals surface area contributed by atoms with Crippen LogP contribution in [0.2, 0.25) is 0 Å². The summed E-state index contributed by atoms with van der Waals surface area (Å²) in [5.74, 6) is -0.910. The van der Waals surface area contributed by atoms with Gasteiger partial charge < -0.3 is 10.5 Å². The fraction of sp³-hybridized carbons (Fsp3) is 0.273. The van der Waals surface area contributed by atoms with Crippen LogP contribution in [0.15, 0.2) is 12.1 Å². The molecule has 0 aliphatic rings. The second-order valence-corrected chi connectivity index (χ2v) is 3.20. The number of hydrogen-bond acceptors (Lipinski definition) is 4. The molecule has 0 unspecified atom stereocenters. The summed E-state index contributed by atoms with van der Waals surface area (Å²) in [6, 6.07) is 4.10. The van der Waals surface area contributed by atoms with Gasteiger partial charge >= 0.3 is 5.97 Å². The maximum absolute atomic E-state index is 12.9. The van der Waals surface area contributed by atoms with Crippen molar-refractivity contribution in [3.63, 3.8) is 0 Å². The van der Waals surface area contributed by atoms with E-state index in [2.05, 4.69) is 4.74 Å². The van der Waals surface area contributed by atoms with Crippen LogP contribution >= 0.6 is 0 Å². The van der Waals surface area contributed by atoms with Crippen molar-refractivity contribution in [1.82, 2.24) is 0 Å². The molecule has 0 saturated carbocycles. The minimum atomic E-state index is -2.85. The molecule has 0 aliphatic carbocycles. The van der Waals surface area contributed by atoms with Crippen LogP contribution in [0, 0.1) is 11.3 Å². The molecule has 0 heterocycles. The molecule has 1 aromatic carbocycles. The molecule has 90 valence electrons. The third-order valence-electron chi connectivity index (χ3n) is 2.24. The van der Waals surface area contributed by atoms with Crippen molar-refractivity contribution in [3.05, 3.63) is 34.4 Å². The predicted octanol–water partition coefficient (Wildman–Crippen LogP) is 1.74. The number of carbonyl (C=O) groups is 1. The molecule has 1 aromatic rings. The Balaban J connectivity index is 3.53. The van der Waals surface area contributed by atoms with Gasteiger partial charge in [-0.05, 0) is 17.7 Å². The lowest BCUT2D eigenvalue weighted by atomic mass is 9.98. The summed E-state index contributed by atoms with van der Waals surface area (Å²) in [5.41, 5.74) is 4.70. The van der Waals surface area contributed by atoms with Crippen LogP contribution < -0.4 is 5.73 Å². The first-order valence-electron chi connectivity index (χ1n) is 4.68. The second-order valence-electron chi connectivity index (χ2n) is 3.20. The van der Waals surface area contributed by atoms with E-state index in [1.54, 1.807) is 6.07 Å². The monoisotopic (exact) mass is 240 g/mol. The average Bonchev–Trinajstić information content (AvgIpc) is 2.35. The maximum atomic E-state index is 12.9. The molecule has 0 atom stereocenters. The van der Waals surface area contributed by atoms with Crippen molar-refractivity contribution in [2.75, 3.05) is 7.11 Å². The van der Waals surface area contributed by atoms with Crippen molar-refractivity contribution in [2.45, 2.75) is 13.0 Å². The zero-order chi connectivity index (χ0) is 13.0. The number of ether oxygens (including phenoxy) is 1. The zero-order valence-corrected chi connectivity index (χ0v) is 9.04. The second kappa shape index (κ2) is 5.37. The first-order chi connectivity index (χ1) is 8.04.